The Labute approximate surface area is 748 Å². The molecule has 0 unspecified atom stereocenters. The Balaban J connectivity index is 0.000000182. The molecular formula is C108H97F2IrN5O6S2-2. The molecule has 1 N–H and O–H groups in total. The number of carboxylic acid groups (broad SMARTS) is 1. The SMILES string of the molecule is Cn1c2cc(-c3ccc(/C=C/c4ccnc(-c5[c-]cccc5F)c4)cc3)ccc2c2ccc(-c3ccc(-c4ccc(OCCCCCCCCCS)cc4)o3)cc21.Cn1c2cc(-c3ccc(/C=C/c4ccnc(-c5[c-]cccc5F)c4)cc3)ccc2c2ccc(-c3ccc(-c4ccc(OCCCCCCCCCS)cc4)o3)cc21.O=C(O)c1ccccn1.[Ir]. The zero-order chi connectivity index (χ0) is 84.6. The number of carbonyl (C=O) groups is 1. The van der Waals surface area contributed by atoms with Crippen molar-refractivity contribution < 1.29 is 57.1 Å². The van der Waals surface area contributed by atoms with Gasteiger partial charge in [0, 0.05) is 130 Å². The predicted molar refractivity (Wildman–Crippen MR) is 507 cm³/mol. The number of unbranched alkanes of at least 4 members (excludes halogenated alkanes) is 12. The van der Waals surface area contributed by atoms with Crippen molar-refractivity contribution in [3.8, 4) is 102 Å². The van der Waals surface area contributed by atoms with Gasteiger partial charge in [0.15, 0.2) is 0 Å². The van der Waals surface area contributed by atoms with E-state index < -0.39 is 5.97 Å². The summed E-state index contributed by atoms with van der Waals surface area (Å²) in [5.41, 5.74) is 19.4. The first-order valence-corrected chi connectivity index (χ1v) is 43.5. The molecule has 7 heterocycles. The minimum absolute atomic E-state index is 0. The van der Waals surface area contributed by atoms with Crippen molar-refractivity contribution in [2.45, 2.75) is 89.9 Å². The Kier molecular flexibility index (Phi) is 30.9. The Morgan fingerprint density at radius 3 is 1.08 bits per heavy atom. The van der Waals surface area contributed by atoms with E-state index in [9.17, 15) is 13.6 Å². The molecule has 124 heavy (non-hydrogen) atoms. The molecule has 0 amide bonds. The summed E-state index contributed by atoms with van der Waals surface area (Å²) in [6.45, 7) is 1.50. The molecule has 0 saturated carbocycles. The molecule has 16 heteroatoms. The van der Waals surface area contributed by atoms with E-state index in [-0.39, 0.29) is 37.4 Å². The molecule has 10 aromatic carbocycles. The minimum Gasteiger partial charge on any atom is -0.494 e. The fraction of sp³-hybridized carbons (Fsp3) is 0.185. The quantitative estimate of drug-likeness (QED) is 0.0209. The van der Waals surface area contributed by atoms with Crippen molar-refractivity contribution in [2.75, 3.05) is 24.7 Å². The minimum atomic E-state index is -0.990. The molecule has 627 valence electrons. The predicted octanol–water partition coefficient (Wildman–Crippen LogP) is 29.1. The van der Waals surface area contributed by atoms with E-state index in [1.807, 2.05) is 72.8 Å². The normalized spacial score (nSPS) is 11.3. The van der Waals surface area contributed by atoms with Crippen LogP contribution in [0.3, 0.4) is 0 Å². The van der Waals surface area contributed by atoms with Crippen LogP contribution in [0.2, 0.25) is 0 Å². The van der Waals surface area contributed by atoms with Crippen molar-refractivity contribution in [3.05, 3.63) is 343 Å². The van der Waals surface area contributed by atoms with Crippen LogP contribution in [-0.2, 0) is 34.2 Å². The second kappa shape index (κ2) is 43.6. The summed E-state index contributed by atoms with van der Waals surface area (Å²) in [7, 11) is 4.26. The monoisotopic (exact) mass is 1850 g/mol. The molecule has 11 nitrogen and oxygen atoms in total. The first-order chi connectivity index (χ1) is 60.4. The van der Waals surface area contributed by atoms with Crippen molar-refractivity contribution in [1.82, 2.24) is 24.1 Å². The van der Waals surface area contributed by atoms with Crippen LogP contribution in [0.1, 0.15) is 123 Å². The third-order valence-electron chi connectivity index (χ3n) is 22.2. The van der Waals surface area contributed by atoms with Gasteiger partial charge >= 0.3 is 5.97 Å². The molecule has 17 aromatic rings. The largest absolute Gasteiger partial charge is 0.494 e. The number of hydrogen-bond donors (Lipinski definition) is 3. The molecule has 17 rings (SSSR count). The van der Waals surface area contributed by atoms with E-state index in [0.717, 1.165) is 150 Å². The van der Waals surface area contributed by atoms with Gasteiger partial charge in [-0.2, -0.15) is 25.3 Å². The number of rotatable bonds is 33. The topological polar surface area (TPSA) is 131 Å². The molecule has 0 fully saturated rings. The van der Waals surface area contributed by atoms with Gasteiger partial charge < -0.3 is 42.5 Å². The number of ether oxygens (including phenoxy) is 2. The number of thiol groups is 2. The maximum atomic E-state index is 14.3. The number of benzene rings is 10. The number of pyridine rings is 3. The van der Waals surface area contributed by atoms with E-state index in [4.69, 9.17) is 23.4 Å². The number of aromatic carboxylic acids is 1. The van der Waals surface area contributed by atoms with Gasteiger partial charge in [0.05, 0.1) is 13.2 Å². The molecule has 0 aliphatic heterocycles. The van der Waals surface area contributed by atoms with Crippen LogP contribution < -0.4 is 9.47 Å². The Morgan fingerprint density at radius 2 is 0.718 bits per heavy atom. The fourth-order valence-corrected chi connectivity index (χ4v) is 15.9. The summed E-state index contributed by atoms with van der Waals surface area (Å²) in [6, 6.07) is 96.0. The molecule has 1 radical (unpaired) electrons. The maximum absolute atomic E-state index is 14.3. The number of fused-ring (bicyclic) bond motifs is 6. The van der Waals surface area contributed by atoms with Crippen molar-refractivity contribution in [1.29, 1.82) is 0 Å². The summed E-state index contributed by atoms with van der Waals surface area (Å²) in [4.78, 5) is 22.4. The fourth-order valence-electron chi connectivity index (χ4n) is 15.4. The molecule has 7 aromatic heterocycles. The second-order valence-corrected chi connectivity index (χ2v) is 31.6. The van der Waals surface area contributed by atoms with E-state index >= 15 is 0 Å². The van der Waals surface area contributed by atoms with Crippen molar-refractivity contribution >= 4 is 99.1 Å². The molecule has 0 bridgehead atoms. The standard InChI is InChI=1S/2C51H46FN2O2S.C6H5NO2.Ir/c2*1-54-48-34-40(38-17-15-36(16-18-38)13-14-37-29-30-53-47(33-37)45-11-7-8-12-46(45)52)21-25-43(48)44-26-22-41(35-49(44)54)51-28-27-50(56-51)39-19-23-42(24-20-39)55-31-9-5-3-2-4-6-10-32-57;8-6(9)5-3-1-2-4-7-5;/h2*7-8,12-30,33-35,57H,2-6,9-10,31-32H2,1H3;1-4H,(H,8,9);/q2*-1;;/b2*14-13+;;. The van der Waals surface area contributed by atoms with Gasteiger partial charge in [0.25, 0.3) is 0 Å². The molecule has 0 spiro atoms. The average molecular weight is 1860 g/mol. The van der Waals surface area contributed by atoms with Crippen LogP contribution in [0.4, 0.5) is 8.78 Å². The van der Waals surface area contributed by atoms with Gasteiger partial charge in [-0.15, -0.1) is 48.5 Å². The van der Waals surface area contributed by atoms with Gasteiger partial charge in [-0.05, 0) is 214 Å². The molecule has 0 aliphatic rings. The number of carboxylic acids is 1. The summed E-state index contributed by atoms with van der Waals surface area (Å²) >= 11 is 8.58. The molecule has 0 atom stereocenters. The van der Waals surface area contributed by atoms with Crippen molar-refractivity contribution in [2.24, 2.45) is 14.1 Å². The zero-order valence-corrected chi connectivity index (χ0v) is 73.6. The van der Waals surface area contributed by atoms with Crippen LogP contribution in [0.15, 0.2) is 300 Å². The summed E-state index contributed by atoms with van der Waals surface area (Å²) in [6.07, 6.45) is 30.4. The van der Waals surface area contributed by atoms with Gasteiger partial charge in [0.1, 0.15) is 40.2 Å². The number of aromatic nitrogens is 5. The van der Waals surface area contributed by atoms with Crippen LogP contribution in [0, 0.1) is 23.8 Å². The summed E-state index contributed by atoms with van der Waals surface area (Å²) < 4.78 is 58.0. The zero-order valence-electron chi connectivity index (χ0n) is 69.5. The van der Waals surface area contributed by atoms with Crippen LogP contribution >= 0.6 is 25.3 Å². The maximum Gasteiger partial charge on any atom is 0.354 e. The number of aryl methyl sites for hydroxylation is 2. The summed E-state index contributed by atoms with van der Waals surface area (Å²) in [5.74, 6) is 5.48. The Bertz CT molecular complexity index is 6090. The van der Waals surface area contributed by atoms with Crippen LogP contribution in [0.25, 0.3) is 158 Å². The van der Waals surface area contributed by atoms with Crippen LogP contribution in [0.5, 0.6) is 11.5 Å². The average Bonchev–Trinajstić information content (AvgIpc) is 1.60. The van der Waals surface area contributed by atoms with E-state index in [0.29, 0.717) is 22.5 Å². The van der Waals surface area contributed by atoms with Crippen molar-refractivity contribution in [3.63, 3.8) is 0 Å². The van der Waals surface area contributed by atoms with Gasteiger partial charge in [0.2, 0.25) is 0 Å². The first-order valence-electron chi connectivity index (χ1n) is 42.3. The first kappa shape index (κ1) is 87.9. The van der Waals surface area contributed by atoms with Crippen LogP contribution in [-0.4, -0.2) is 59.9 Å². The van der Waals surface area contributed by atoms with Gasteiger partial charge in [-0.1, -0.05) is 215 Å². The van der Waals surface area contributed by atoms with E-state index in [1.165, 1.54) is 134 Å². The number of hydrogen-bond acceptors (Lipinski definition) is 10. The third kappa shape index (κ3) is 22.5. The molecule has 0 aliphatic carbocycles. The molecular weight excluding hydrogens is 1760 g/mol. The molecule has 0 saturated heterocycles. The van der Waals surface area contributed by atoms with Gasteiger partial charge in [-0.3, -0.25) is 8.78 Å². The summed E-state index contributed by atoms with van der Waals surface area (Å²) in [5, 5.41) is 13.2. The van der Waals surface area contributed by atoms with E-state index in [1.54, 1.807) is 48.8 Å². The van der Waals surface area contributed by atoms with E-state index in [2.05, 4.69) is 245 Å². The number of furan rings is 2. The van der Waals surface area contributed by atoms with Gasteiger partial charge in [-0.25, -0.2) is 9.78 Å². The Morgan fingerprint density at radius 1 is 0.371 bits per heavy atom. The smallest absolute Gasteiger partial charge is 0.354 e. The Hall–Kier alpha value is -12.4. The number of nitrogens with zero attached hydrogens (tertiary/aromatic N) is 5. The number of halogens is 2. The second-order valence-electron chi connectivity index (χ2n) is 30.7. The third-order valence-corrected chi connectivity index (χ3v) is 22.8.